The van der Waals surface area contributed by atoms with Gasteiger partial charge in [-0.25, -0.2) is 0 Å². The van der Waals surface area contributed by atoms with Crippen molar-refractivity contribution in [3.8, 4) is 0 Å². The van der Waals surface area contributed by atoms with Crippen LogP contribution in [0.3, 0.4) is 0 Å². The van der Waals surface area contributed by atoms with Crippen molar-refractivity contribution in [1.82, 2.24) is 10.2 Å². The molecule has 0 saturated carbocycles. The van der Waals surface area contributed by atoms with Gasteiger partial charge in [-0.15, -0.1) is 0 Å². The molecule has 2 nitrogen and oxygen atoms in total. The lowest BCUT2D eigenvalue weighted by atomic mass is 9.98. The van der Waals surface area contributed by atoms with Crippen molar-refractivity contribution in [2.45, 2.75) is 46.2 Å². The van der Waals surface area contributed by atoms with E-state index < -0.39 is 0 Å². The summed E-state index contributed by atoms with van der Waals surface area (Å²) in [6.07, 6.45) is 1.29. The molecule has 0 aromatic rings. The molecule has 0 spiro atoms. The molecule has 1 fully saturated rings. The first kappa shape index (κ1) is 11.0. The molecule has 2 unspecified atom stereocenters. The molecular formula is C11H24N2. The summed E-state index contributed by atoms with van der Waals surface area (Å²) in [4.78, 5) is 2.62. The largest absolute Gasteiger partial charge is 0.312 e. The van der Waals surface area contributed by atoms with E-state index >= 15 is 0 Å². The van der Waals surface area contributed by atoms with E-state index in [9.17, 15) is 0 Å². The molecule has 1 N–H and O–H groups in total. The average Bonchev–Trinajstić information content (AvgIpc) is 2.15. The highest BCUT2D eigenvalue weighted by atomic mass is 15.2. The van der Waals surface area contributed by atoms with Gasteiger partial charge >= 0.3 is 0 Å². The molecule has 78 valence electrons. The van der Waals surface area contributed by atoms with Crippen molar-refractivity contribution in [3.63, 3.8) is 0 Å². The Morgan fingerprint density at radius 2 is 2.15 bits per heavy atom. The second kappa shape index (κ2) is 4.97. The standard InChI is InChI=1S/C11H24N2/c1-5-9(2)11(4)13-7-6-12-10(3)8-13/h9-12H,5-8H2,1-4H3/t9?,10-,11?/m1/s1. The zero-order valence-electron chi connectivity index (χ0n) is 9.51. The van der Waals surface area contributed by atoms with Crippen LogP contribution >= 0.6 is 0 Å². The third-order valence-electron chi connectivity index (χ3n) is 3.44. The smallest absolute Gasteiger partial charge is 0.0167 e. The van der Waals surface area contributed by atoms with Crippen molar-refractivity contribution < 1.29 is 0 Å². The Balaban J connectivity index is 2.41. The Morgan fingerprint density at radius 1 is 1.46 bits per heavy atom. The van der Waals surface area contributed by atoms with E-state index in [-0.39, 0.29) is 0 Å². The van der Waals surface area contributed by atoms with E-state index in [4.69, 9.17) is 0 Å². The van der Waals surface area contributed by atoms with Gasteiger partial charge in [-0.1, -0.05) is 20.3 Å². The summed E-state index contributed by atoms with van der Waals surface area (Å²) < 4.78 is 0. The van der Waals surface area contributed by atoms with E-state index in [1.165, 1.54) is 19.5 Å². The maximum atomic E-state index is 3.48. The quantitative estimate of drug-likeness (QED) is 0.718. The molecule has 1 aliphatic rings. The molecule has 13 heavy (non-hydrogen) atoms. The Morgan fingerprint density at radius 3 is 2.69 bits per heavy atom. The molecular weight excluding hydrogens is 160 g/mol. The van der Waals surface area contributed by atoms with Crippen LogP contribution in [0, 0.1) is 5.92 Å². The van der Waals surface area contributed by atoms with Crippen molar-refractivity contribution in [3.05, 3.63) is 0 Å². The Kier molecular flexibility index (Phi) is 4.20. The lowest BCUT2D eigenvalue weighted by molar-refractivity contribution is 0.121. The first-order valence-corrected chi connectivity index (χ1v) is 5.62. The minimum Gasteiger partial charge on any atom is -0.312 e. The van der Waals surface area contributed by atoms with Gasteiger partial charge in [0.25, 0.3) is 0 Å². The van der Waals surface area contributed by atoms with Crippen LogP contribution in [0.4, 0.5) is 0 Å². The molecule has 0 amide bonds. The molecule has 0 bridgehead atoms. The Bertz CT molecular complexity index is 147. The van der Waals surface area contributed by atoms with Crippen LogP contribution in [0.5, 0.6) is 0 Å². The van der Waals surface area contributed by atoms with Gasteiger partial charge in [0, 0.05) is 31.7 Å². The van der Waals surface area contributed by atoms with Crippen molar-refractivity contribution in [2.75, 3.05) is 19.6 Å². The van der Waals surface area contributed by atoms with Crippen molar-refractivity contribution in [1.29, 1.82) is 0 Å². The molecule has 1 rings (SSSR count). The molecule has 3 atom stereocenters. The maximum Gasteiger partial charge on any atom is 0.0167 e. The molecule has 0 aromatic carbocycles. The predicted molar refractivity (Wildman–Crippen MR) is 58.0 cm³/mol. The fourth-order valence-corrected chi connectivity index (χ4v) is 2.03. The topological polar surface area (TPSA) is 15.3 Å². The van der Waals surface area contributed by atoms with Crippen LogP contribution in [0.25, 0.3) is 0 Å². The third kappa shape index (κ3) is 2.96. The number of nitrogens with one attached hydrogen (secondary N) is 1. The van der Waals surface area contributed by atoms with Crippen LogP contribution in [0.2, 0.25) is 0 Å². The van der Waals surface area contributed by atoms with Gasteiger partial charge in [0.15, 0.2) is 0 Å². The van der Waals surface area contributed by atoms with Gasteiger partial charge in [0.1, 0.15) is 0 Å². The third-order valence-corrected chi connectivity index (χ3v) is 3.44. The minimum atomic E-state index is 0.667. The van der Waals surface area contributed by atoms with Crippen LogP contribution in [-0.4, -0.2) is 36.6 Å². The van der Waals surface area contributed by atoms with Gasteiger partial charge in [0.05, 0.1) is 0 Å². The molecule has 0 radical (unpaired) electrons. The summed E-state index contributed by atoms with van der Waals surface area (Å²) in [7, 11) is 0. The van der Waals surface area contributed by atoms with Gasteiger partial charge < -0.3 is 5.32 Å². The number of piperazine rings is 1. The van der Waals surface area contributed by atoms with Crippen molar-refractivity contribution in [2.24, 2.45) is 5.92 Å². The Hall–Kier alpha value is -0.0800. The van der Waals surface area contributed by atoms with E-state index in [1.807, 2.05) is 0 Å². The summed E-state index contributed by atoms with van der Waals surface area (Å²) in [5.41, 5.74) is 0. The van der Waals surface area contributed by atoms with Crippen molar-refractivity contribution >= 4 is 0 Å². The Labute approximate surface area is 82.7 Å². The van der Waals surface area contributed by atoms with Gasteiger partial charge in [0.2, 0.25) is 0 Å². The highest BCUT2D eigenvalue weighted by Gasteiger charge is 2.23. The van der Waals surface area contributed by atoms with E-state index in [2.05, 4.69) is 37.9 Å². The zero-order chi connectivity index (χ0) is 9.84. The fraction of sp³-hybridized carbons (Fsp3) is 1.00. The lowest BCUT2D eigenvalue weighted by Crippen LogP contribution is -2.53. The van der Waals surface area contributed by atoms with Crippen LogP contribution in [-0.2, 0) is 0 Å². The van der Waals surface area contributed by atoms with Crippen LogP contribution in [0.15, 0.2) is 0 Å². The monoisotopic (exact) mass is 184 g/mol. The van der Waals surface area contributed by atoms with Gasteiger partial charge in [-0.3, -0.25) is 4.90 Å². The average molecular weight is 184 g/mol. The molecule has 1 aliphatic heterocycles. The normalized spacial score (nSPS) is 30.0. The first-order valence-electron chi connectivity index (χ1n) is 5.62. The summed E-state index contributed by atoms with van der Waals surface area (Å²) >= 11 is 0. The van der Waals surface area contributed by atoms with E-state index in [0.29, 0.717) is 6.04 Å². The van der Waals surface area contributed by atoms with Gasteiger partial charge in [-0.2, -0.15) is 0 Å². The first-order chi connectivity index (χ1) is 6.15. The van der Waals surface area contributed by atoms with E-state index in [1.54, 1.807) is 0 Å². The number of rotatable bonds is 3. The lowest BCUT2D eigenvalue weighted by Gasteiger charge is -2.38. The van der Waals surface area contributed by atoms with Gasteiger partial charge in [-0.05, 0) is 19.8 Å². The second-order valence-corrected chi connectivity index (χ2v) is 4.48. The molecule has 0 aliphatic carbocycles. The highest BCUT2D eigenvalue weighted by molar-refractivity contribution is 4.80. The SMILES string of the molecule is CCC(C)C(C)N1CCN[C@H](C)C1. The predicted octanol–water partition coefficient (Wildman–Crippen LogP) is 1.71. The molecule has 0 aromatic heterocycles. The van der Waals surface area contributed by atoms with Crippen LogP contribution < -0.4 is 5.32 Å². The summed E-state index contributed by atoms with van der Waals surface area (Å²) in [5, 5.41) is 3.48. The second-order valence-electron chi connectivity index (χ2n) is 4.48. The summed E-state index contributed by atoms with van der Waals surface area (Å²) in [5.74, 6) is 0.824. The molecule has 1 saturated heterocycles. The maximum absolute atomic E-state index is 3.48. The zero-order valence-corrected chi connectivity index (χ0v) is 9.51. The number of hydrogen-bond donors (Lipinski definition) is 1. The fourth-order valence-electron chi connectivity index (χ4n) is 2.03. The summed E-state index contributed by atoms with van der Waals surface area (Å²) in [6.45, 7) is 12.9. The summed E-state index contributed by atoms with van der Waals surface area (Å²) in [6, 6.07) is 1.41. The molecule has 1 heterocycles. The highest BCUT2D eigenvalue weighted by Crippen LogP contribution is 2.15. The van der Waals surface area contributed by atoms with Crippen LogP contribution in [0.1, 0.15) is 34.1 Å². The number of nitrogens with zero attached hydrogens (tertiary/aromatic N) is 1. The molecule has 2 heteroatoms. The van der Waals surface area contributed by atoms with E-state index in [0.717, 1.165) is 18.5 Å². The minimum absolute atomic E-state index is 0.667. The number of hydrogen-bond acceptors (Lipinski definition) is 2.